The van der Waals surface area contributed by atoms with Crippen molar-refractivity contribution in [1.29, 1.82) is 0 Å². The maximum absolute atomic E-state index is 12.7. The van der Waals surface area contributed by atoms with Crippen molar-refractivity contribution in [3.05, 3.63) is 12.2 Å². The van der Waals surface area contributed by atoms with Crippen molar-refractivity contribution in [2.24, 2.45) is 35.3 Å². The molecule has 19 heavy (non-hydrogen) atoms. The summed E-state index contributed by atoms with van der Waals surface area (Å²) in [6.07, 6.45) is 10.4. The molecule has 3 nitrogen and oxygen atoms in total. The quantitative estimate of drug-likeness (QED) is 0.731. The maximum Gasteiger partial charge on any atom is 0.226 e. The number of hydrogen-bond acceptors (Lipinski definition) is 2. The highest BCUT2D eigenvalue weighted by atomic mass is 16.2. The molecule has 0 aromatic carbocycles. The molecule has 0 aromatic heterocycles. The topological polar surface area (TPSA) is 46.3 Å². The summed E-state index contributed by atoms with van der Waals surface area (Å²) < 4.78 is 0. The van der Waals surface area contributed by atoms with Gasteiger partial charge in [-0.2, -0.15) is 0 Å². The monoisotopic (exact) mass is 260 g/mol. The fourth-order valence-corrected chi connectivity index (χ4v) is 4.95. The lowest BCUT2D eigenvalue weighted by atomic mass is 9.79. The minimum atomic E-state index is 0.295. The average Bonchev–Trinajstić information content (AvgIpc) is 3.11. The van der Waals surface area contributed by atoms with Crippen LogP contribution in [0.5, 0.6) is 0 Å². The number of allylic oxidation sites excluding steroid dienone is 2. The molecule has 3 fully saturated rings. The molecule has 1 heterocycles. The van der Waals surface area contributed by atoms with Crippen LogP contribution in [0, 0.1) is 29.6 Å². The van der Waals surface area contributed by atoms with E-state index < -0.39 is 0 Å². The van der Waals surface area contributed by atoms with Gasteiger partial charge in [0.2, 0.25) is 5.91 Å². The summed E-state index contributed by atoms with van der Waals surface area (Å²) in [7, 11) is 0. The van der Waals surface area contributed by atoms with Gasteiger partial charge in [-0.1, -0.05) is 12.2 Å². The van der Waals surface area contributed by atoms with Gasteiger partial charge in [0.15, 0.2) is 0 Å². The number of carbonyl (C=O) groups is 1. The Balaban J connectivity index is 1.43. The summed E-state index contributed by atoms with van der Waals surface area (Å²) in [6.45, 7) is 1.99. The van der Waals surface area contributed by atoms with Crippen LogP contribution in [-0.2, 0) is 4.79 Å². The van der Waals surface area contributed by atoms with Gasteiger partial charge in [-0.25, -0.2) is 0 Å². The molecule has 3 heteroatoms. The predicted molar refractivity (Wildman–Crippen MR) is 74.2 cm³/mol. The van der Waals surface area contributed by atoms with E-state index in [1.165, 1.54) is 12.8 Å². The number of amides is 1. The van der Waals surface area contributed by atoms with E-state index >= 15 is 0 Å². The normalized spacial score (nSPS) is 47.7. The van der Waals surface area contributed by atoms with Crippen molar-refractivity contribution in [3.63, 3.8) is 0 Å². The summed E-state index contributed by atoms with van der Waals surface area (Å²) in [5.41, 5.74) is 6.07. The summed E-state index contributed by atoms with van der Waals surface area (Å²) in [6, 6.07) is 0.377. The van der Waals surface area contributed by atoms with Gasteiger partial charge < -0.3 is 10.6 Å². The van der Waals surface area contributed by atoms with E-state index in [-0.39, 0.29) is 0 Å². The lowest BCUT2D eigenvalue weighted by molar-refractivity contribution is -0.135. The van der Waals surface area contributed by atoms with Gasteiger partial charge in [0.05, 0.1) is 0 Å². The van der Waals surface area contributed by atoms with Gasteiger partial charge in [-0.15, -0.1) is 0 Å². The summed E-state index contributed by atoms with van der Waals surface area (Å²) in [4.78, 5) is 14.9. The number of likely N-dealkylation sites (tertiary alicyclic amines) is 1. The second-order valence-corrected chi connectivity index (χ2v) is 7.22. The van der Waals surface area contributed by atoms with Crippen LogP contribution in [0.15, 0.2) is 12.2 Å². The van der Waals surface area contributed by atoms with Crippen molar-refractivity contribution in [1.82, 2.24) is 4.90 Å². The lowest BCUT2D eigenvalue weighted by Crippen LogP contribution is -2.36. The molecule has 0 radical (unpaired) electrons. The summed E-state index contributed by atoms with van der Waals surface area (Å²) in [5, 5.41) is 0. The second kappa shape index (κ2) is 4.34. The lowest BCUT2D eigenvalue weighted by Gasteiger charge is -2.27. The average molecular weight is 260 g/mol. The first kappa shape index (κ1) is 12.0. The molecule has 1 saturated heterocycles. The van der Waals surface area contributed by atoms with E-state index in [4.69, 9.17) is 5.73 Å². The number of hydrogen-bond donors (Lipinski definition) is 1. The van der Waals surface area contributed by atoms with Crippen LogP contribution >= 0.6 is 0 Å². The third-order valence-corrected chi connectivity index (χ3v) is 6.00. The molecule has 6 atom stereocenters. The van der Waals surface area contributed by atoms with Crippen molar-refractivity contribution in [2.45, 2.75) is 38.1 Å². The second-order valence-electron chi connectivity index (χ2n) is 7.22. The Kier molecular flexibility index (Phi) is 2.73. The Hall–Kier alpha value is -0.830. The minimum absolute atomic E-state index is 0.295. The third-order valence-electron chi connectivity index (χ3n) is 6.00. The zero-order valence-corrected chi connectivity index (χ0v) is 11.5. The molecule has 1 amide bonds. The van der Waals surface area contributed by atoms with Gasteiger partial charge in [0.1, 0.15) is 0 Å². The molecular formula is C16H24N2O. The molecule has 4 rings (SSSR count). The Morgan fingerprint density at radius 1 is 1.05 bits per heavy atom. The molecule has 2 bridgehead atoms. The molecule has 4 unspecified atom stereocenters. The van der Waals surface area contributed by atoms with E-state index in [1.807, 2.05) is 0 Å². The van der Waals surface area contributed by atoms with Crippen LogP contribution in [0.3, 0.4) is 0 Å². The molecule has 0 aromatic rings. The summed E-state index contributed by atoms with van der Waals surface area (Å²) >= 11 is 0. The minimum Gasteiger partial charge on any atom is -0.342 e. The zero-order valence-electron chi connectivity index (χ0n) is 11.5. The van der Waals surface area contributed by atoms with Crippen LogP contribution in [-0.4, -0.2) is 29.9 Å². The fraction of sp³-hybridized carbons (Fsp3) is 0.812. The Labute approximate surface area is 115 Å². The Morgan fingerprint density at radius 3 is 2.63 bits per heavy atom. The number of carbonyl (C=O) groups excluding carboxylic acids is 1. The highest BCUT2D eigenvalue weighted by Gasteiger charge is 2.45. The number of fused-ring (bicyclic) bond motifs is 3. The molecule has 0 spiro atoms. The summed E-state index contributed by atoms with van der Waals surface area (Å²) in [5.74, 6) is 3.39. The van der Waals surface area contributed by atoms with Crippen LogP contribution in [0.25, 0.3) is 0 Å². The van der Waals surface area contributed by atoms with E-state index in [9.17, 15) is 4.79 Å². The van der Waals surface area contributed by atoms with E-state index in [0.29, 0.717) is 35.6 Å². The molecular weight excluding hydrogens is 236 g/mol. The first-order valence-corrected chi connectivity index (χ1v) is 7.93. The highest BCUT2D eigenvalue weighted by Crippen LogP contribution is 2.45. The van der Waals surface area contributed by atoms with Gasteiger partial charge in [-0.3, -0.25) is 4.79 Å². The third kappa shape index (κ3) is 1.94. The smallest absolute Gasteiger partial charge is 0.226 e. The van der Waals surface area contributed by atoms with Gasteiger partial charge in [0.25, 0.3) is 0 Å². The molecule has 4 aliphatic rings. The predicted octanol–water partition coefficient (Wildman–Crippen LogP) is 1.78. The molecule has 1 aliphatic heterocycles. The van der Waals surface area contributed by atoms with E-state index in [2.05, 4.69) is 17.1 Å². The zero-order chi connectivity index (χ0) is 13.0. The van der Waals surface area contributed by atoms with Crippen molar-refractivity contribution >= 4 is 5.91 Å². The fourth-order valence-electron chi connectivity index (χ4n) is 4.95. The van der Waals surface area contributed by atoms with Crippen LogP contribution < -0.4 is 5.73 Å². The van der Waals surface area contributed by atoms with Crippen molar-refractivity contribution < 1.29 is 4.79 Å². The number of nitrogens with two attached hydrogens (primary N) is 1. The highest BCUT2D eigenvalue weighted by molar-refractivity contribution is 5.80. The van der Waals surface area contributed by atoms with Crippen molar-refractivity contribution in [2.75, 3.05) is 13.1 Å². The van der Waals surface area contributed by atoms with E-state index in [1.54, 1.807) is 0 Å². The van der Waals surface area contributed by atoms with Crippen LogP contribution in [0.2, 0.25) is 0 Å². The van der Waals surface area contributed by atoms with Gasteiger partial charge >= 0.3 is 0 Å². The van der Waals surface area contributed by atoms with Gasteiger partial charge in [-0.05, 0) is 55.8 Å². The Bertz CT molecular complexity index is 419. The molecule has 3 aliphatic carbocycles. The standard InChI is InChI=1S/C16H24N2O/c17-14-4-3-12-8-18(9-13(12)7-14)16(19)15-6-10-1-2-11(15)5-10/h1-2,10-15H,3-9,17H2/t10?,11?,12-,13+,14?,15?/m1/s1. The number of rotatable bonds is 1. The molecule has 2 N–H and O–H groups in total. The SMILES string of the molecule is NC1CC[C@@H]2CN(C(=O)C3CC4C=CC3C4)C[C@@H]2C1. The number of nitrogens with zero attached hydrogens (tertiary/aromatic N) is 1. The van der Waals surface area contributed by atoms with Crippen molar-refractivity contribution in [3.8, 4) is 0 Å². The van der Waals surface area contributed by atoms with Crippen LogP contribution in [0.1, 0.15) is 32.1 Å². The molecule has 2 saturated carbocycles. The largest absolute Gasteiger partial charge is 0.342 e. The van der Waals surface area contributed by atoms with E-state index in [0.717, 1.165) is 38.3 Å². The van der Waals surface area contributed by atoms with Crippen LogP contribution in [0.4, 0.5) is 0 Å². The van der Waals surface area contributed by atoms with Gasteiger partial charge in [0, 0.05) is 25.0 Å². The first-order valence-electron chi connectivity index (χ1n) is 7.93. The molecule has 104 valence electrons. The maximum atomic E-state index is 12.7. The Morgan fingerprint density at radius 2 is 1.89 bits per heavy atom. The first-order chi connectivity index (χ1) is 9.20.